The molecule has 2 unspecified atom stereocenters. The summed E-state index contributed by atoms with van der Waals surface area (Å²) >= 11 is 6.32. The summed E-state index contributed by atoms with van der Waals surface area (Å²) in [5, 5.41) is 9.37. The summed E-state index contributed by atoms with van der Waals surface area (Å²) in [6.07, 6.45) is 0.100. The highest BCUT2D eigenvalue weighted by Crippen LogP contribution is 2.41. The highest BCUT2D eigenvalue weighted by molar-refractivity contribution is 6.30. The molecular weight excluding hydrogens is 476 g/mol. The number of piperazine rings is 1. The van der Waals surface area contributed by atoms with Crippen molar-refractivity contribution in [1.82, 2.24) is 4.90 Å². The molecule has 1 amide bonds. The summed E-state index contributed by atoms with van der Waals surface area (Å²) in [4.78, 5) is 35.9. The van der Waals surface area contributed by atoms with Gasteiger partial charge in [0.25, 0.3) is 5.91 Å². The van der Waals surface area contributed by atoms with Crippen molar-refractivity contribution < 1.29 is 14.3 Å². The SMILES string of the molecule is CC1=NC(C)=C(C(=O)N2CCN(c3ccccc3)CC2)C(c2cccc(Cl)c2)C1C(=O)OCCC#N. The smallest absolute Gasteiger partial charge is 0.315 e. The average Bonchev–Trinajstić information content (AvgIpc) is 2.88. The van der Waals surface area contributed by atoms with Gasteiger partial charge in [-0.15, -0.1) is 0 Å². The molecule has 2 atom stereocenters. The molecule has 2 aliphatic heterocycles. The lowest BCUT2D eigenvalue weighted by Crippen LogP contribution is -2.50. The van der Waals surface area contributed by atoms with Crippen LogP contribution in [0.3, 0.4) is 0 Å². The van der Waals surface area contributed by atoms with Crippen LogP contribution in [-0.2, 0) is 14.3 Å². The minimum atomic E-state index is -0.782. The number of amides is 1. The van der Waals surface area contributed by atoms with Crippen LogP contribution in [0, 0.1) is 17.2 Å². The highest BCUT2D eigenvalue weighted by atomic mass is 35.5. The number of nitriles is 1. The molecule has 2 aliphatic rings. The van der Waals surface area contributed by atoms with Crippen molar-refractivity contribution in [1.29, 1.82) is 5.26 Å². The maximum absolute atomic E-state index is 14.0. The van der Waals surface area contributed by atoms with E-state index in [1.54, 1.807) is 19.1 Å². The number of allylic oxidation sites excluding steroid dienone is 1. The van der Waals surface area contributed by atoms with Gasteiger partial charge in [-0.2, -0.15) is 5.26 Å². The predicted octanol–water partition coefficient (Wildman–Crippen LogP) is 4.59. The molecule has 186 valence electrons. The first kappa shape index (κ1) is 25.5. The summed E-state index contributed by atoms with van der Waals surface area (Å²) in [6.45, 7) is 6.13. The number of aliphatic imine (C=N–C) groups is 1. The Bertz CT molecular complexity index is 1230. The Hall–Kier alpha value is -3.63. The monoisotopic (exact) mass is 504 g/mol. The third-order valence-corrected chi connectivity index (χ3v) is 6.90. The van der Waals surface area contributed by atoms with Crippen LogP contribution >= 0.6 is 11.6 Å². The Morgan fingerprint density at radius 3 is 2.47 bits per heavy atom. The number of rotatable bonds is 6. The van der Waals surface area contributed by atoms with Crippen LogP contribution in [0.4, 0.5) is 5.69 Å². The number of hydrogen-bond acceptors (Lipinski definition) is 6. The standard InChI is InChI=1S/C28H29ClN4O3/c1-19-24(27(34)33-15-13-32(14-16-33)23-10-4-3-5-11-23)26(21-8-6-9-22(29)18-21)25(20(2)31-19)28(35)36-17-7-12-30/h3-6,8-11,18,25-26H,7,13-17H2,1-2H3. The number of benzene rings is 2. The van der Waals surface area contributed by atoms with Gasteiger partial charge in [0.15, 0.2) is 0 Å². The van der Waals surface area contributed by atoms with Gasteiger partial charge in [0, 0.05) is 59.8 Å². The van der Waals surface area contributed by atoms with E-state index in [9.17, 15) is 9.59 Å². The Morgan fingerprint density at radius 1 is 1.08 bits per heavy atom. The fourth-order valence-corrected chi connectivity index (χ4v) is 5.14. The molecule has 4 rings (SSSR count). The minimum absolute atomic E-state index is 0.00516. The second-order valence-electron chi connectivity index (χ2n) is 8.95. The van der Waals surface area contributed by atoms with Crippen LogP contribution in [0.15, 0.2) is 70.9 Å². The molecule has 0 aromatic heterocycles. The second kappa shape index (κ2) is 11.4. The van der Waals surface area contributed by atoms with E-state index >= 15 is 0 Å². The first-order chi connectivity index (χ1) is 17.4. The molecule has 0 N–H and O–H groups in total. The first-order valence-electron chi connectivity index (χ1n) is 12.0. The molecule has 0 bridgehead atoms. The van der Waals surface area contributed by atoms with E-state index in [0.29, 0.717) is 48.2 Å². The van der Waals surface area contributed by atoms with Gasteiger partial charge in [0.05, 0.1) is 12.5 Å². The Labute approximate surface area is 216 Å². The molecule has 0 spiro atoms. The zero-order valence-electron chi connectivity index (χ0n) is 20.5. The maximum Gasteiger partial charge on any atom is 0.315 e. The van der Waals surface area contributed by atoms with Crippen molar-refractivity contribution in [2.24, 2.45) is 10.9 Å². The van der Waals surface area contributed by atoms with Crippen LogP contribution in [0.5, 0.6) is 0 Å². The molecule has 2 aromatic rings. The summed E-state index contributed by atoms with van der Waals surface area (Å²) in [5.74, 6) is -2.00. The van der Waals surface area contributed by atoms with Crippen molar-refractivity contribution in [3.05, 3.63) is 76.5 Å². The number of halogens is 1. The van der Waals surface area contributed by atoms with E-state index in [0.717, 1.165) is 11.3 Å². The van der Waals surface area contributed by atoms with Crippen LogP contribution in [0.1, 0.15) is 31.7 Å². The van der Waals surface area contributed by atoms with E-state index in [1.807, 2.05) is 48.2 Å². The summed E-state index contributed by atoms with van der Waals surface area (Å²) in [5.41, 5.74) is 3.54. The lowest BCUT2D eigenvalue weighted by molar-refractivity contribution is -0.146. The van der Waals surface area contributed by atoms with Crippen molar-refractivity contribution in [3.8, 4) is 6.07 Å². The molecule has 1 saturated heterocycles. The number of carbonyl (C=O) groups excluding carboxylic acids is 2. The number of anilines is 1. The number of esters is 1. The van der Waals surface area contributed by atoms with Gasteiger partial charge in [-0.3, -0.25) is 14.6 Å². The van der Waals surface area contributed by atoms with E-state index in [-0.39, 0.29) is 18.9 Å². The molecule has 0 radical (unpaired) electrons. The Kier molecular flexibility index (Phi) is 8.07. The van der Waals surface area contributed by atoms with Crippen LogP contribution in [-0.4, -0.2) is 55.3 Å². The number of carbonyl (C=O) groups is 2. The third kappa shape index (κ3) is 5.44. The number of hydrogen-bond donors (Lipinski definition) is 0. The van der Waals surface area contributed by atoms with E-state index < -0.39 is 17.8 Å². The summed E-state index contributed by atoms with van der Waals surface area (Å²) in [7, 11) is 0. The summed E-state index contributed by atoms with van der Waals surface area (Å²) in [6, 6.07) is 19.4. The van der Waals surface area contributed by atoms with Gasteiger partial charge in [-0.25, -0.2) is 0 Å². The highest BCUT2D eigenvalue weighted by Gasteiger charge is 2.43. The van der Waals surface area contributed by atoms with Gasteiger partial charge in [-0.1, -0.05) is 41.9 Å². The fourth-order valence-electron chi connectivity index (χ4n) is 4.94. The largest absolute Gasteiger partial charge is 0.464 e. The normalized spacial score (nSPS) is 20.0. The van der Waals surface area contributed by atoms with Crippen LogP contribution in [0.25, 0.3) is 0 Å². The number of para-hydroxylation sites is 1. The van der Waals surface area contributed by atoms with E-state index in [1.165, 1.54) is 0 Å². The summed E-state index contributed by atoms with van der Waals surface area (Å²) < 4.78 is 5.42. The zero-order chi connectivity index (χ0) is 25.7. The van der Waals surface area contributed by atoms with E-state index in [2.05, 4.69) is 22.0 Å². The first-order valence-corrected chi connectivity index (χ1v) is 12.4. The molecule has 36 heavy (non-hydrogen) atoms. The lowest BCUT2D eigenvalue weighted by atomic mass is 9.75. The predicted molar refractivity (Wildman–Crippen MR) is 140 cm³/mol. The van der Waals surface area contributed by atoms with Crippen LogP contribution in [0.2, 0.25) is 5.02 Å². The van der Waals surface area contributed by atoms with Crippen LogP contribution < -0.4 is 4.90 Å². The molecule has 7 nitrogen and oxygen atoms in total. The van der Waals surface area contributed by atoms with E-state index in [4.69, 9.17) is 21.6 Å². The molecule has 2 heterocycles. The topological polar surface area (TPSA) is 86.0 Å². The lowest BCUT2D eigenvalue weighted by Gasteiger charge is -2.39. The average molecular weight is 505 g/mol. The zero-order valence-corrected chi connectivity index (χ0v) is 21.2. The molecular formula is C28H29ClN4O3. The number of ether oxygens (including phenoxy) is 1. The third-order valence-electron chi connectivity index (χ3n) is 6.67. The second-order valence-corrected chi connectivity index (χ2v) is 9.39. The fraction of sp³-hybridized carbons (Fsp3) is 0.357. The van der Waals surface area contributed by atoms with Crippen molar-refractivity contribution in [2.75, 3.05) is 37.7 Å². The number of nitrogens with zero attached hydrogens (tertiary/aromatic N) is 4. The Morgan fingerprint density at radius 2 is 1.81 bits per heavy atom. The van der Waals surface area contributed by atoms with Gasteiger partial charge in [-0.05, 0) is 43.7 Å². The minimum Gasteiger partial charge on any atom is -0.464 e. The van der Waals surface area contributed by atoms with Gasteiger partial charge in [0.1, 0.15) is 12.5 Å². The maximum atomic E-state index is 14.0. The van der Waals surface area contributed by atoms with Gasteiger partial charge >= 0.3 is 5.97 Å². The molecule has 1 fully saturated rings. The molecule has 2 aromatic carbocycles. The molecule has 8 heteroatoms. The molecule has 0 aliphatic carbocycles. The van der Waals surface area contributed by atoms with Gasteiger partial charge < -0.3 is 14.5 Å². The quantitative estimate of drug-likeness (QED) is 0.424. The van der Waals surface area contributed by atoms with Gasteiger partial charge in [0.2, 0.25) is 0 Å². The molecule has 0 saturated carbocycles. The van der Waals surface area contributed by atoms with Crippen molar-refractivity contribution >= 4 is 34.9 Å². The van der Waals surface area contributed by atoms with Crippen molar-refractivity contribution in [3.63, 3.8) is 0 Å². The van der Waals surface area contributed by atoms with Crippen molar-refractivity contribution in [2.45, 2.75) is 26.2 Å². The Balaban J connectivity index is 1.64.